The van der Waals surface area contributed by atoms with Crippen LogP contribution in [0.2, 0.25) is 0 Å². The van der Waals surface area contributed by atoms with Crippen LogP contribution in [0.5, 0.6) is 0 Å². The van der Waals surface area contributed by atoms with Gasteiger partial charge in [-0.1, -0.05) is 13.0 Å². The maximum Gasteiger partial charge on any atom is 0.330 e. The number of hydrogen-bond acceptors (Lipinski definition) is 5. The van der Waals surface area contributed by atoms with E-state index in [2.05, 4.69) is 16.8 Å². The fourth-order valence-electron chi connectivity index (χ4n) is 2.69. The van der Waals surface area contributed by atoms with Gasteiger partial charge in [0.25, 0.3) is 0 Å². The molecule has 0 saturated heterocycles. The Balaban J connectivity index is 2.20. The first kappa shape index (κ1) is 20.3. The van der Waals surface area contributed by atoms with E-state index >= 15 is 0 Å². The SMILES string of the molecule is CCOC(=O)/C=C/c1cc(CN(CC)Cc2ccncc2)cc(C(N)=O)c1. The monoisotopic (exact) mass is 367 g/mol. The van der Waals surface area contributed by atoms with Crippen LogP contribution in [0, 0.1) is 0 Å². The molecule has 2 rings (SSSR count). The summed E-state index contributed by atoms with van der Waals surface area (Å²) in [6.07, 6.45) is 6.53. The van der Waals surface area contributed by atoms with Gasteiger partial charge in [0.15, 0.2) is 0 Å². The molecule has 27 heavy (non-hydrogen) atoms. The minimum Gasteiger partial charge on any atom is -0.463 e. The lowest BCUT2D eigenvalue weighted by molar-refractivity contribution is -0.137. The number of benzene rings is 1. The zero-order valence-corrected chi connectivity index (χ0v) is 15.7. The van der Waals surface area contributed by atoms with Crippen molar-refractivity contribution < 1.29 is 14.3 Å². The Hall–Kier alpha value is -2.99. The number of carbonyl (C=O) groups is 2. The van der Waals surface area contributed by atoms with E-state index in [4.69, 9.17) is 10.5 Å². The second-order valence-electron chi connectivity index (χ2n) is 6.07. The number of primary amides is 1. The van der Waals surface area contributed by atoms with Gasteiger partial charge in [0, 0.05) is 37.1 Å². The highest BCUT2D eigenvalue weighted by Crippen LogP contribution is 2.16. The predicted molar refractivity (Wildman–Crippen MR) is 105 cm³/mol. The van der Waals surface area contributed by atoms with E-state index in [1.165, 1.54) is 11.6 Å². The third kappa shape index (κ3) is 6.67. The van der Waals surface area contributed by atoms with Crippen molar-refractivity contribution in [1.29, 1.82) is 0 Å². The molecule has 0 saturated carbocycles. The molecule has 1 amide bonds. The van der Waals surface area contributed by atoms with Crippen molar-refractivity contribution in [3.8, 4) is 0 Å². The summed E-state index contributed by atoms with van der Waals surface area (Å²) in [5, 5.41) is 0. The highest BCUT2D eigenvalue weighted by atomic mass is 16.5. The van der Waals surface area contributed by atoms with Gasteiger partial charge in [-0.05, 0) is 60.5 Å². The molecule has 0 aliphatic rings. The van der Waals surface area contributed by atoms with Gasteiger partial charge in [-0.15, -0.1) is 0 Å². The quantitative estimate of drug-likeness (QED) is 0.544. The molecule has 0 fully saturated rings. The second-order valence-corrected chi connectivity index (χ2v) is 6.07. The van der Waals surface area contributed by atoms with E-state index in [0.29, 0.717) is 18.7 Å². The van der Waals surface area contributed by atoms with Crippen LogP contribution in [0.3, 0.4) is 0 Å². The van der Waals surface area contributed by atoms with Crippen molar-refractivity contribution in [1.82, 2.24) is 9.88 Å². The van der Waals surface area contributed by atoms with E-state index in [0.717, 1.165) is 24.2 Å². The van der Waals surface area contributed by atoms with Gasteiger partial charge in [-0.3, -0.25) is 14.7 Å². The number of esters is 1. The average molecular weight is 367 g/mol. The van der Waals surface area contributed by atoms with Crippen molar-refractivity contribution in [2.45, 2.75) is 26.9 Å². The molecule has 0 atom stereocenters. The molecule has 1 aromatic heterocycles. The van der Waals surface area contributed by atoms with Gasteiger partial charge in [-0.25, -0.2) is 4.79 Å². The van der Waals surface area contributed by atoms with Crippen LogP contribution >= 0.6 is 0 Å². The number of amides is 1. The largest absolute Gasteiger partial charge is 0.463 e. The van der Waals surface area contributed by atoms with E-state index in [1.807, 2.05) is 18.2 Å². The minimum atomic E-state index is -0.500. The first-order chi connectivity index (χ1) is 13.0. The first-order valence-corrected chi connectivity index (χ1v) is 8.91. The number of aromatic nitrogens is 1. The van der Waals surface area contributed by atoms with Gasteiger partial charge in [0.1, 0.15) is 0 Å². The van der Waals surface area contributed by atoms with Crippen molar-refractivity contribution in [2.75, 3.05) is 13.2 Å². The second kappa shape index (κ2) is 10.2. The molecule has 0 unspecified atom stereocenters. The molecule has 0 radical (unpaired) electrons. The third-order valence-corrected chi connectivity index (χ3v) is 4.01. The molecule has 6 heteroatoms. The van der Waals surface area contributed by atoms with E-state index < -0.39 is 11.9 Å². The van der Waals surface area contributed by atoms with Crippen LogP contribution in [0.4, 0.5) is 0 Å². The van der Waals surface area contributed by atoms with E-state index in [-0.39, 0.29) is 0 Å². The highest BCUT2D eigenvalue weighted by molar-refractivity contribution is 5.94. The number of rotatable bonds is 9. The Kier molecular flexibility index (Phi) is 7.70. The van der Waals surface area contributed by atoms with Gasteiger partial charge >= 0.3 is 5.97 Å². The summed E-state index contributed by atoms with van der Waals surface area (Å²) in [5.74, 6) is -0.920. The number of pyridine rings is 1. The Morgan fingerprint density at radius 3 is 2.44 bits per heavy atom. The Labute approximate surface area is 159 Å². The number of carbonyl (C=O) groups excluding carboxylic acids is 2. The molecule has 1 aromatic carbocycles. The minimum absolute atomic E-state index is 0.316. The topological polar surface area (TPSA) is 85.5 Å². The fraction of sp³-hybridized carbons (Fsp3) is 0.286. The Bertz CT molecular complexity index is 804. The maximum atomic E-state index is 11.7. The highest BCUT2D eigenvalue weighted by Gasteiger charge is 2.09. The van der Waals surface area contributed by atoms with Gasteiger partial charge in [-0.2, -0.15) is 0 Å². The molecule has 0 aliphatic heterocycles. The van der Waals surface area contributed by atoms with Crippen LogP contribution in [0.15, 0.2) is 48.8 Å². The number of nitrogens with zero attached hydrogens (tertiary/aromatic N) is 2. The normalized spacial score (nSPS) is 11.1. The average Bonchev–Trinajstić information content (AvgIpc) is 2.66. The molecule has 1 heterocycles. The number of nitrogens with two attached hydrogens (primary N) is 1. The van der Waals surface area contributed by atoms with Crippen LogP contribution in [0.25, 0.3) is 6.08 Å². The lowest BCUT2D eigenvalue weighted by Crippen LogP contribution is -2.22. The van der Waals surface area contributed by atoms with Gasteiger partial charge in [0.05, 0.1) is 6.61 Å². The summed E-state index contributed by atoms with van der Waals surface area (Å²) >= 11 is 0. The Morgan fingerprint density at radius 2 is 1.81 bits per heavy atom. The third-order valence-electron chi connectivity index (χ3n) is 4.01. The van der Waals surface area contributed by atoms with Crippen molar-refractivity contribution in [3.63, 3.8) is 0 Å². The summed E-state index contributed by atoms with van der Waals surface area (Å²) < 4.78 is 4.89. The standard InChI is InChI=1S/C21H25N3O3/c1-3-24(14-16-7-9-23-10-8-16)15-18-11-17(5-6-20(25)27-4-2)12-19(13-18)21(22)26/h5-13H,3-4,14-15H2,1-2H3,(H2,22,26)/b6-5+. The van der Waals surface area contributed by atoms with Crippen molar-refractivity contribution >= 4 is 18.0 Å². The molecular formula is C21H25N3O3. The Morgan fingerprint density at radius 1 is 1.11 bits per heavy atom. The fourth-order valence-corrected chi connectivity index (χ4v) is 2.69. The molecular weight excluding hydrogens is 342 g/mol. The zero-order valence-electron chi connectivity index (χ0n) is 15.7. The summed E-state index contributed by atoms with van der Waals surface area (Å²) in [4.78, 5) is 29.5. The molecule has 0 spiro atoms. The van der Waals surface area contributed by atoms with Crippen molar-refractivity contribution in [2.24, 2.45) is 5.73 Å². The number of ether oxygens (including phenoxy) is 1. The summed E-state index contributed by atoms with van der Waals surface area (Å²) in [6, 6.07) is 9.36. The predicted octanol–water partition coefficient (Wildman–Crippen LogP) is 2.78. The molecule has 0 aliphatic carbocycles. The molecule has 6 nitrogen and oxygen atoms in total. The van der Waals surface area contributed by atoms with Crippen LogP contribution in [-0.2, 0) is 22.6 Å². The van der Waals surface area contributed by atoms with Crippen molar-refractivity contribution in [3.05, 3.63) is 71.1 Å². The zero-order chi connectivity index (χ0) is 19.6. The van der Waals surface area contributed by atoms with Gasteiger partial charge < -0.3 is 10.5 Å². The summed E-state index contributed by atoms with van der Waals surface area (Å²) in [7, 11) is 0. The maximum absolute atomic E-state index is 11.7. The molecule has 2 aromatic rings. The lowest BCUT2D eigenvalue weighted by atomic mass is 10.0. The van der Waals surface area contributed by atoms with Crippen LogP contribution in [0.1, 0.15) is 40.9 Å². The van der Waals surface area contributed by atoms with E-state index in [1.54, 1.807) is 37.5 Å². The van der Waals surface area contributed by atoms with Crippen LogP contribution in [-0.4, -0.2) is 34.9 Å². The number of hydrogen-bond donors (Lipinski definition) is 1. The van der Waals surface area contributed by atoms with Gasteiger partial charge in [0.2, 0.25) is 5.91 Å². The molecule has 2 N–H and O–H groups in total. The summed E-state index contributed by atoms with van der Waals surface area (Å²) in [5.41, 5.74) is 8.73. The first-order valence-electron chi connectivity index (χ1n) is 8.91. The molecule has 142 valence electrons. The van der Waals surface area contributed by atoms with Crippen LogP contribution < -0.4 is 5.73 Å². The summed E-state index contributed by atoms with van der Waals surface area (Å²) in [6.45, 7) is 6.42. The molecule has 0 bridgehead atoms. The lowest BCUT2D eigenvalue weighted by Gasteiger charge is -2.21. The smallest absolute Gasteiger partial charge is 0.330 e. The van der Waals surface area contributed by atoms with E-state index in [9.17, 15) is 9.59 Å².